The van der Waals surface area contributed by atoms with Crippen LogP contribution in [0, 0.1) is 57.2 Å². The molecule has 0 aromatic rings. The lowest BCUT2D eigenvalue weighted by Gasteiger charge is -2.64. The van der Waals surface area contributed by atoms with Crippen LogP contribution in [0.1, 0.15) is 13.3 Å². The molecular weight excluding hydrogens is 240 g/mol. The molecule has 2 bridgehead atoms. The second kappa shape index (κ2) is 3.82. The van der Waals surface area contributed by atoms with Gasteiger partial charge >= 0.3 is 0 Å². The number of hydrogen-bond donors (Lipinski definition) is 0. The van der Waals surface area contributed by atoms with Crippen molar-refractivity contribution in [1.82, 2.24) is 0 Å². The monoisotopic (exact) mass is 258 g/mol. The molecule has 0 aromatic heterocycles. The minimum absolute atomic E-state index is 0.135. The summed E-state index contributed by atoms with van der Waals surface area (Å²) in [6, 6.07) is 4.61. The number of nitriles is 2. The van der Waals surface area contributed by atoms with E-state index in [-0.39, 0.29) is 5.92 Å². The fraction of sp³-hybridized carbons (Fsp3) is 0.733. The summed E-state index contributed by atoms with van der Waals surface area (Å²) in [5.74, 6) is 1.28. The number of allylic oxidation sites excluding steroid dienone is 2. The van der Waals surface area contributed by atoms with Gasteiger partial charge in [0.15, 0.2) is 11.7 Å². The van der Waals surface area contributed by atoms with E-state index in [9.17, 15) is 10.5 Å². The van der Waals surface area contributed by atoms with Crippen LogP contribution in [0.5, 0.6) is 0 Å². The van der Waals surface area contributed by atoms with Crippen LogP contribution in [0.4, 0.5) is 0 Å². The van der Waals surface area contributed by atoms with E-state index in [4.69, 9.17) is 9.47 Å². The minimum Gasteiger partial charge on any atom is -0.355 e. The molecule has 5 unspecified atom stereocenters. The third-order valence-electron chi connectivity index (χ3n) is 5.77. The van der Waals surface area contributed by atoms with Crippen molar-refractivity contribution >= 4 is 0 Å². The number of methoxy groups -OCH3 is 2. The van der Waals surface area contributed by atoms with Crippen LogP contribution < -0.4 is 0 Å². The standard InChI is InChI=1S/C15H18N2O2/c1-14(13(18-2)19-3)11-9-4-5-10(6-9)12(11)15(14,7-16)8-17/h4-5,9-13H,6H2,1-3H3. The molecule has 0 aliphatic heterocycles. The topological polar surface area (TPSA) is 66.0 Å². The summed E-state index contributed by atoms with van der Waals surface area (Å²) in [6.07, 6.45) is 4.98. The zero-order chi connectivity index (χ0) is 13.8. The van der Waals surface area contributed by atoms with Crippen LogP contribution in [0.25, 0.3) is 0 Å². The van der Waals surface area contributed by atoms with Crippen LogP contribution in [-0.4, -0.2) is 20.5 Å². The predicted molar refractivity (Wildman–Crippen MR) is 67.3 cm³/mol. The Morgan fingerprint density at radius 2 is 1.63 bits per heavy atom. The first-order valence-electron chi connectivity index (χ1n) is 6.67. The lowest BCUT2D eigenvalue weighted by molar-refractivity contribution is -0.282. The van der Waals surface area contributed by atoms with Crippen molar-refractivity contribution in [2.45, 2.75) is 19.6 Å². The summed E-state index contributed by atoms with van der Waals surface area (Å²) in [6.45, 7) is 1.98. The first kappa shape index (κ1) is 12.7. The van der Waals surface area contributed by atoms with Gasteiger partial charge in [0.25, 0.3) is 0 Å². The quantitative estimate of drug-likeness (QED) is 0.574. The molecule has 3 rings (SSSR count). The molecule has 19 heavy (non-hydrogen) atoms. The van der Waals surface area contributed by atoms with E-state index in [0.717, 1.165) is 6.42 Å². The highest BCUT2D eigenvalue weighted by atomic mass is 16.7. The highest BCUT2D eigenvalue weighted by molar-refractivity contribution is 5.40. The predicted octanol–water partition coefficient (Wildman–Crippen LogP) is 2.10. The first-order chi connectivity index (χ1) is 9.10. The number of nitrogens with zero attached hydrogens (tertiary/aromatic N) is 2. The summed E-state index contributed by atoms with van der Waals surface area (Å²) in [5, 5.41) is 19.4. The van der Waals surface area contributed by atoms with Gasteiger partial charge in [-0.25, -0.2) is 0 Å². The maximum atomic E-state index is 9.68. The summed E-state index contributed by atoms with van der Waals surface area (Å²) in [5.41, 5.74) is -1.56. The maximum Gasteiger partial charge on any atom is 0.164 e. The molecule has 2 fully saturated rings. The van der Waals surface area contributed by atoms with Crippen LogP contribution in [0.3, 0.4) is 0 Å². The van der Waals surface area contributed by atoms with Gasteiger partial charge in [0.05, 0.1) is 17.6 Å². The lowest BCUT2D eigenvalue weighted by atomic mass is 9.37. The molecule has 0 spiro atoms. The molecule has 100 valence electrons. The zero-order valence-electron chi connectivity index (χ0n) is 11.5. The van der Waals surface area contributed by atoms with Gasteiger partial charge in [0.1, 0.15) is 0 Å². The van der Waals surface area contributed by atoms with Crippen molar-refractivity contribution in [2.24, 2.45) is 34.5 Å². The Morgan fingerprint density at radius 3 is 2.11 bits per heavy atom. The average Bonchev–Trinajstić information content (AvgIpc) is 3.00. The van der Waals surface area contributed by atoms with Gasteiger partial charge in [-0.15, -0.1) is 0 Å². The van der Waals surface area contributed by atoms with Crippen molar-refractivity contribution in [3.63, 3.8) is 0 Å². The molecule has 3 aliphatic rings. The maximum absolute atomic E-state index is 9.68. The molecule has 2 saturated carbocycles. The average molecular weight is 258 g/mol. The van der Waals surface area contributed by atoms with Crippen LogP contribution in [0.2, 0.25) is 0 Å². The Balaban J connectivity index is 2.11. The minimum atomic E-state index is -1.00. The Labute approximate surface area is 113 Å². The van der Waals surface area contributed by atoms with Crippen molar-refractivity contribution < 1.29 is 9.47 Å². The zero-order valence-corrected chi connectivity index (χ0v) is 11.5. The number of fused-ring (bicyclic) bond motifs is 5. The van der Waals surface area contributed by atoms with Crippen molar-refractivity contribution in [1.29, 1.82) is 10.5 Å². The highest BCUT2D eigenvalue weighted by Crippen LogP contribution is 2.76. The second-order valence-electron chi connectivity index (χ2n) is 6.12. The third-order valence-corrected chi connectivity index (χ3v) is 5.77. The van der Waals surface area contributed by atoms with E-state index in [1.165, 1.54) is 0 Å². The van der Waals surface area contributed by atoms with Gasteiger partial charge in [-0.2, -0.15) is 10.5 Å². The fourth-order valence-corrected chi connectivity index (χ4v) is 5.10. The van der Waals surface area contributed by atoms with Gasteiger partial charge in [-0.05, 0) is 24.2 Å². The summed E-state index contributed by atoms with van der Waals surface area (Å²) >= 11 is 0. The SMILES string of the molecule is COC(OC)C1(C)C2C3C=CC(C3)C2C1(C#N)C#N. The molecule has 0 heterocycles. The molecule has 0 amide bonds. The van der Waals surface area contributed by atoms with Crippen LogP contribution >= 0.6 is 0 Å². The first-order valence-corrected chi connectivity index (χ1v) is 6.67. The van der Waals surface area contributed by atoms with E-state index in [0.29, 0.717) is 17.8 Å². The molecule has 0 saturated heterocycles. The van der Waals surface area contributed by atoms with E-state index >= 15 is 0 Å². The number of hydrogen-bond acceptors (Lipinski definition) is 4. The summed E-state index contributed by atoms with van der Waals surface area (Å²) in [7, 11) is 3.16. The van der Waals surface area contributed by atoms with Crippen molar-refractivity contribution in [2.75, 3.05) is 14.2 Å². The fourth-order valence-electron chi connectivity index (χ4n) is 5.10. The molecule has 0 N–H and O–H groups in total. The van der Waals surface area contributed by atoms with E-state index in [1.807, 2.05) is 6.92 Å². The Morgan fingerprint density at radius 1 is 1.11 bits per heavy atom. The highest BCUT2D eigenvalue weighted by Gasteiger charge is 2.79. The summed E-state index contributed by atoms with van der Waals surface area (Å²) < 4.78 is 10.9. The van der Waals surface area contributed by atoms with Crippen molar-refractivity contribution in [3.05, 3.63) is 12.2 Å². The molecule has 3 aliphatic carbocycles. The molecule has 4 nitrogen and oxygen atoms in total. The Hall–Kier alpha value is -1.36. The molecular formula is C15H18N2O2. The van der Waals surface area contributed by atoms with Crippen LogP contribution in [-0.2, 0) is 9.47 Å². The number of ether oxygens (including phenoxy) is 2. The van der Waals surface area contributed by atoms with Gasteiger partial charge in [0.2, 0.25) is 0 Å². The molecule has 4 heteroatoms. The Bertz CT molecular complexity index is 497. The molecule has 5 atom stereocenters. The van der Waals surface area contributed by atoms with Gasteiger partial charge in [-0.3, -0.25) is 0 Å². The molecule has 0 radical (unpaired) electrons. The smallest absolute Gasteiger partial charge is 0.164 e. The van der Waals surface area contributed by atoms with Crippen molar-refractivity contribution in [3.8, 4) is 12.1 Å². The van der Waals surface area contributed by atoms with Gasteiger partial charge < -0.3 is 9.47 Å². The second-order valence-corrected chi connectivity index (χ2v) is 6.12. The number of rotatable bonds is 3. The van der Waals surface area contributed by atoms with Gasteiger partial charge in [0, 0.05) is 20.1 Å². The summed E-state index contributed by atoms with van der Waals surface area (Å²) in [4.78, 5) is 0. The van der Waals surface area contributed by atoms with Gasteiger partial charge in [-0.1, -0.05) is 19.1 Å². The normalized spacial score (nSPS) is 44.5. The Kier molecular flexibility index (Phi) is 2.55. The molecule has 0 aromatic carbocycles. The van der Waals surface area contributed by atoms with E-state index < -0.39 is 17.1 Å². The lowest BCUT2D eigenvalue weighted by Crippen LogP contribution is -2.69. The largest absolute Gasteiger partial charge is 0.355 e. The van der Waals surface area contributed by atoms with E-state index in [1.54, 1.807) is 14.2 Å². The van der Waals surface area contributed by atoms with Crippen LogP contribution in [0.15, 0.2) is 12.2 Å². The third kappa shape index (κ3) is 1.11. The van der Waals surface area contributed by atoms with E-state index in [2.05, 4.69) is 24.3 Å².